The molecule has 1 unspecified atom stereocenters. The average Bonchev–Trinajstić information content (AvgIpc) is 2.47. The van der Waals surface area contributed by atoms with Crippen molar-refractivity contribution in [2.75, 3.05) is 40.0 Å². The van der Waals surface area contributed by atoms with Crippen LogP contribution in [0.3, 0.4) is 0 Å². The van der Waals surface area contributed by atoms with Gasteiger partial charge in [-0.05, 0) is 26.0 Å². The minimum atomic E-state index is -0.549. The van der Waals surface area contributed by atoms with Crippen molar-refractivity contribution < 1.29 is 19.3 Å². The zero-order valence-electron chi connectivity index (χ0n) is 13.4. The molecule has 0 aliphatic carbocycles. The van der Waals surface area contributed by atoms with E-state index in [9.17, 15) is 5.11 Å². The van der Waals surface area contributed by atoms with E-state index in [-0.39, 0.29) is 24.6 Å². The number of β-amino-alcohol motifs (C(OH)–C–C–N with tert-alkyl or cyclic N) is 1. The highest BCUT2D eigenvalue weighted by molar-refractivity contribution is 5.85. The largest absolute Gasteiger partial charge is 0.493 e. The van der Waals surface area contributed by atoms with Gasteiger partial charge in [-0.1, -0.05) is 12.1 Å². The Kier molecular flexibility index (Phi) is 7.42. The van der Waals surface area contributed by atoms with Crippen molar-refractivity contribution in [3.63, 3.8) is 0 Å². The van der Waals surface area contributed by atoms with E-state index < -0.39 is 6.10 Å². The summed E-state index contributed by atoms with van der Waals surface area (Å²) < 4.78 is 16.4. The summed E-state index contributed by atoms with van der Waals surface area (Å²) in [4.78, 5) is 2.24. The highest BCUT2D eigenvalue weighted by atomic mass is 35.5. The number of hydrogen-bond donors (Lipinski definition) is 1. The molecule has 1 fully saturated rings. The number of nitrogens with zero attached hydrogens (tertiary/aromatic N) is 1. The summed E-state index contributed by atoms with van der Waals surface area (Å²) >= 11 is 0. The highest BCUT2D eigenvalue weighted by Gasteiger charge is 2.31. The molecule has 0 amide bonds. The molecule has 1 aliphatic heterocycles. The lowest BCUT2D eigenvalue weighted by atomic mass is 10.0. The van der Waals surface area contributed by atoms with Crippen LogP contribution in [0.25, 0.3) is 0 Å². The van der Waals surface area contributed by atoms with Gasteiger partial charge in [0.15, 0.2) is 11.5 Å². The normalized spacial score (nSPS) is 19.1. The molecule has 1 aliphatic rings. The summed E-state index contributed by atoms with van der Waals surface area (Å²) in [6.07, 6.45) is -0.549. The third kappa shape index (κ3) is 5.02. The first-order valence-electron chi connectivity index (χ1n) is 7.29. The number of para-hydroxylation sites is 2. The van der Waals surface area contributed by atoms with Gasteiger partial charge in [0.1, 0.15) is 12.7 Å². The molecule has 0 aromatic heterocycles. The standard InChI is InChI=1S/C16H25NO4.ClH/c1-16(2)12-20-9-8-17(16)10-13(18)11-21-15-7-5-4-6-14(15)19-3;/h4-7,13,18H,8-12H2,1-3H3;1H. The van der Waals surface area contributed by atoms with E-state index in [1.165, 1.54) is 0 Å². The summed E-state index contributed by atoms with van der Waals surface area (Å²) in [6, 6.07) is 7.45. The molecule has 1 aromatic rings. The molecule has 1 saturated heterocycles. The summed E-state index contributed by atoms with van der Waals surface area (Å²) in [5.74, 6) is 1.33. The number of aliphatic hydroxyl groups is 1. The molecule has 5 nitrogen and oxygen atoms in total. The first kappa shape index (κ1) is 19.0. The quantitative estimate of drug-likeness (QED) is 0.863. The van der Waals surface area contributed by atoms with E-state index in [1.807, 2.05) is 24.3 Å². The summed E-state index contributed by atoms with van der Waals surface area (Å²) in [7, 11) is 1.61. The van der Waals surface area contributed by atoms with Gasteiger partial charge in [0.2, 0.25) is 0 Å². The fraction of sp³-hybridized carbons (Fsp3) is 0.625. The molecule has 0 spiro atoms. The third-order valence-electron chi connectivity index (χ3n) is 3.75. The SMILES string of the molecule is COc1ccccc1OCC(O)CN1CCOCC1(C)C.Cl. The zero-order chi connectivity index (χ0) is 15.3. The minimum Gasteiger partial charge on any atom is -0.493 e. The Labute approximate surface area is 138 Å². The van der Waals surface area contributed by atoms with Gasteiger partial charge in [0, 0.05) is 18.6 Å². The van der Waals surface area contributed by atoms with Gasteiger partial charge in [0.25, 0.3) is 0 Å². The molecular formula is C16H26ClNO4. The van der Waals surface area contributed by atoms with Crippen LogP contribution in [0.4, 0.5) is 0 Å². The molecule has 1 N–H and O–H groups in total. The topological polar surface area (TPSA) is 51.2 Å². The molecular weight excluding hydrogens is 306 g/mol. The van der Waals surface area contributed by atoms with E-state index in [0.29, 0.717) is 31.3 Å². The third-order valence-corrected chi connectivity index (χ3v) is 3.75. The maximum Gasteiger partial charge on any atom is 0.161 e. The number of halogens is 1. The molecule has 1 heterocycles. The van der Waals surface area contributed by atoms with Crippen molar-refractivity contribution in [2.45, 2.75) is 25.5 Å². The Balaban J connectivity index is 0.00000242. The van der Waals surface area contributed by atoms with Crippen LogP contribution in [0, 0.1) is 0 Å². The minimum absolute atomic E-state index is 0. The van der Waals surface area contributed by atoms with Crippen molar-refractivity contribution in [3.8, 4) is 11.5 Å². The number of benzene rings is 1. The van der Waals surface area contributed by atoms with Crippen LogP contribution in [0.2, 0.25) is 0 Å². The molecule has 0 saturated carbocycles. The zero-order valence-corrected chi connectivity index (χ0v) is 14.3. The van der Waals surface area contributed by atoms with Crippen molar-refractivity contribution in [1.29, 1.82) is 0 Å². The molecule has 2 rings (SSSR count). The first-order valence-corrected chi connectivity index (χ1v) is 7.29. The Morgan fingerprint density at radius 2 is 2.00 bits per heavy atom. The number of rotatable bonds is 6. The van der Waals surface area contributed by atoms with Crippen molar-refractivity contribution in [1.82, 2.24) is 4.90 Å². The van der Waals surface area contributed by atoms with Gasteiger partial charge in [-0.25, -0.2) is 0 Å². The van der Waals surface area contributed by atoms with Crippen LogP contribution in [-0.2, 0) is 4.74 Å². The monoisotopic (exact) mass is 331 g/mol. The van der Waals surface area contributed by atoms with Crippen molar-refractivity contribution >= 4 is 12.4 Å². The van der Waals surface area contributed by atoms with Gasteiger partial charge in [-0.3, -0.25) is 4.90 Å². The number of morpholine rings is 1. The smallest absolute Gasteiger partial charge is 0.161 e. The molecule has 6 heteroatoms. The molecule has 0 bridgehead atoms. The Morgan fingerprint density at radius 1 is 1.32 bits per heavy atom. The molecule has 0 radical (unpaired) electrons. The fourth-order valence-corrected chi connectivity index (χ4v) is 2.46. The fourth-order valence-electron chi connectivity index (χ4n) is 2.46. The van der Waals surface area contributed by atoms with E-state index in [4.69, 9.17) is 14.2 Å². The molecule has 1 aromatic carbocycles. The lowest BCUT2D eigenvalue weighted by Gasteiger charge is -2.42. The second kappa shape index (κ2) is 8.58. The van der Waals surface area contributed by atoms with Gasteiger partial charge < -0.3 is 19.3 Å². The number of methoxy groups -OCH3 is 1. The van der Waals surface area contributed by atoms with Crippen LogP contribution in [-0.4, -0.2) is 61.7 Å². The van der Waals surface area contributed by atoms with E-state index >= 15 is 0 Å². The Hall–Kier alpha value is -1.01. The van der Waals surface area contributed by atoms with E-state index in [0.717, 1.165) is 6.54 Å². The first-order chi connectivity index (χ1) is 10.0. The summed E-state index contributed by atoms with van der Waals surface area (Å²) in [5, 5.41) is 10.2. The second-order valence-corrected chi connectivity index (χ2v) is 5.93. The molecule has 126 valence electrons. The van der Waals surface area contributed by atoms with E-state index in [2.05, 4.69) is 18.7 Å². The van der Waals surface area contributed by atoms with Crippen LogP contribution in [0.15, 0.2) is 24.3 Å². The summed E-state index contributed by atoms with van der Waals surface area (Å²) in [5.41, 5.74) is -0.0519. The van der Waals surface area contributed by atoms with Crippen molar-refractivity contribution in [3.05, 3.63) is 24.3 Å². The van der Waals surface area contributed by atoms with Gasteiger partial charge in [-0.2, -0.15) is 0 Å². The van der Waals surface area contributed by atoms with Gasteiger partial charge in [0.05, 0.1) is 20.3 Å². The van der Waals surface area contributed by atoms with Crippen LogP contribution >= 0.6 is 12.4 Å². The highest BCUT2D eigenvalue weighted by Crippen LogP contribution is 2.26. The number of ether oxygens (including phenoxy) is 3. The number of hydrogen-bond acceptors (Lipinski definition) is 5. The van der Waals surface area contributed by atoms with E-state index in [1.54, 1.807) is 7.11 Å². The lowest BCUT2D eigenvalue weighted by Crippen LogP contribution is -2.55. The van der Waals surface area contributed by atoms with Gasteiger partial charge in [-0.15, -0.1) is 12.4 Å². The average molecular weight is 332 g/mol. The van der Waals surface area contributed by atoms with Crippen molar-refractivity contribution in [2.24, 2.45) is 0 Å². The molecule has 1 atom stereocenters. The predicted molar refractivity (Wildman–Crippen MR) is 88.2 cm³/mol. The number of aliphatic hydroxyl groups excluding tert-OH is 1. The predicted octanol–water partition coefficient (Wildman–Crippen LogP) is 1.97. The van der Waals surface area contributed by atoms with Gasteiger partial charge >= 0.3 is 0 Å². The van der Waals surface area contributed by atoms with Crippen LogP contribution < -0.4 is 9.47 Å². The van der Waals surface area contributed by atoms with Crippen LogP contribution in [0.1, 0.15) is 13.8 Å². The second-order valence-electron chi connectivity index (χ2n) is 5.93. The Morgan fingerprint density at radius 3 is 2.64 bits per heavy atom. The molecule has 22 heavy (non-hydrogen) atoms. The maximum absolute atomic E-state index is 10.2. The lowest BCUT2D eigenvalue weighted by molar-refractivity contribution is -0.0703. The van der Waals surface area contributed by atoms with Crippen LogP contribution in [0.5, 0.6) is 11.5 Å². The maximum atomic E-state index is 10.2. The Bertz CT molecular complexity index is 456. The summed E-state index contributed by atoms with van der Waals surface area (Å²) in [6.45, 7) is 7.30.